The number of nitrogens with zero attached hydrogens (tertiary/aromatic N) is 1. The monoisotopic (exact) mass is 289 g/mol. The van der Waals surface area contributed by atoms with Crippen molar-refractivity contribution in [2.75, 3.05) is 20.2 Å². The van der Waals surface area contributed by atoms with Gasteiger partial charge in [-0.2, -0.15) is 0 Å². The third-order valence-electron chi connectivity index (χ3n) is 4.48. The molecule has 1 aromatic carbocycles. The highest BCUT2D eigenvalue weighted by molar-refractivity contribution is 5.84. The van der Waals surface area contributed by atoms with Crippen molar-refractivity contribution in [1.29, 1.82) is 0 Å². The molecule has 1 aliphatic heterocycles. The first-order chi connectivity index (χ1) is 10.1. The average molecular weight is 289 g/mol. The van der Waals surface area contributed by atoms with Crippen LogP contribution in [0.4, 0.5) is 0 Å². The molecule has 21 heavy (non-hydrogen) atoms. The standard InChI is InChI=1S/C16H19NO4/c1-21-12-4-2-3-10(7-12)13-8-14(13)15(18)17-6-5-11(9-17)16(19)20/h2-4,7,11,13-14H,5-6,8-9H2,1H3,(H,19,20)/t11-,13-,14+/m0/s1. The minimum atomic E-state index is -0.801. The topological polar surface area (TPSA) is 66.8 Å². The molecule has 1 amide bonds. The number of aliphatic carboxylic acids is 1. The second-order valence-corrected chi connectivity index (χ2v) is 5.83. The van der Waals surface area contributed by atoms with E-state index in [1.165, 1.54) is 0 Å². The molecule has 5 heteroatoms. The lowest BCUT2D eigenvalue weighted by Crippen LogP contribution is -2.31. The summed E-state index contributed by atoms with van der Waals surface area (Å²) >= 11 is 0. The highest BCUT2D eigenvalue weighted by Crippen LogP contribution is 2.49. The molecular formula is C16H19NO4. The van der Waals surface area contributed by atoms with Crippen LogP contribution >= 0.6 is 0 Å². The van der Waals surface area contributed by atoms with Crippen molar-refractivity contribution in [3.8, 4) is 5.75 Å². The van der Waals surface area contributed by atoms with Gasteiger partial charge in [-0.25, -0.2) is 0 Å². The molecule has 1 saturated heterocycles. The summed E-state index contributed by atoms with van der Waals surface area (Å²) in [7, 11) is 1.63. The highest BCUT2D eigenvalue weighted by Gasteiger charge is 2.47. The van der Waals surface area contributed by atoms with E-state index in [0.717, 1.165) is 17.7 Å². The van der Waals surface area contributed by atoms with Crippen molar-refractivity contribution in [2.45, 2.75) is 18.8 Å². The normalized spacial score (nSPS) is 27.5. The molecule has 1 aliphatic carbocycles. The van der Waals surface area contributed by atoms with Gasteiger partial charge in [0.1, 0.15) is 5.75 Å². The Bertz CT molecular complexity index is 571. The zero-order chi connectivity index (χ0) is 15.0. The van der Waals surface area contributed by atoms with Crippen molar-refractivity contribution >= 4 is 11.9 Å². The SMILES string of the molecule is COc1cccc([C@@H]2C[C@H]2C(=O)N2CC[C@H](C(=O)O)C2)c1. The summed E-state index contributed by atoms with van der Waals surface area (Å²) in [5.74, 6) is -0.0428. The van der Waals surface area contributed by atoms with Crippen LogP contribution in [0.3, 0.4) is 0 Å². The number of carbonyl (C=O) groups is 2. The molecule has 3 atom stereocenters. The smallest absolute Gasteiger partial charge is 0.308 e. The molecule has 0 bridgehead atoms. The summed E-state index contributed by atoms with van der Waals surface area (Å²) in [5, 5.41) is 9.00. The molecule has 0 spiro atoms. The quantitative estimate of drug-likeness (QED) is 0.916. The molecule has 2 aliphatic rings. The number of ether oxygens (including phenoxy) is 1. The molecule has 0 unspecified atom stereocenters. The maximum absolute atomic E-state index is 12.4. The molecule has 0 radical (unpaired) electrons. The van der Waals surface area contributed by atoms with Gasteiger partial charge >= 0.3 is 5.97 Å². The lowest BCUT2D eigenvalue weighted by atomic mass is 10.1. The number of carboxylic acids is 1. The second kappa shape index (κ2) is 5.39. The van der Waals surface area contributed by atoms with Gasteiger partial charge in [0, 0.05) is 19.0 Å². The zero-order valence-corrected chi connectivity index (χ0v) is 12.0. The molecule has 5 nitrogen and oxygen atoms in total. The fourth-order valence-electron chi connectivity index (χ4n) is 3.10. The summed E-state index contributed by atoms with van der Waals surface area (Å²) in [6.07, 6.45) is 1.41. The first-order valence-electron chi connectivity index (χ1n) is 7.25. The van der Waals surface area contributed by atoms with Crippen molar-refractivity contribution in [3.63, 3.8) is 0 Å². The van der Waals surface area contributed by atoms with E-state index >= 15 is 0 Å². The van der Waals surface area contributed by atoms with E-state index in [9.17, 15) is 9.59 Å². The van der Waals surface area contributed by atoms with E-state index in [1.54, 1.807) is 12.0 Å². The van der Waals surface area contributed by atoms with Crippen molar-refractivity contribution in [1.82, 2.24) is 4.90 Å². The molecule has 112 valence electrons. The van der Waals surface area contributed by atoms with Crippen molar-refractivity contribution in [3.05, 3.63) is 29.8 Å². The molecule has 2 fully saturated rings. The first-order valence-corrected chi connectivity index (χ1v) is 7.25. The molecule has 3 rings (SSSR count). The third-order valence-corrected chi connectivity index (χ3v) is 4.48. The number of hydrogen-bond donors (Lipinski definition) is 1. The van der Waals surface area contributed by atoms with Gasteiger partial charge in [0.05, 0.1) is 13.0 Å². The Morgan fingerprint density at radius 3 is 2.86 bits per heavy atom. The molecule has 1 N–H and O–H groups in total. The maximum Gasteiger partial charge on any atom is 0.308 e. The van der Waals surface area contributed by atoms with Crippen LogP contribution in [0.25, 0.3) is 0 Å². The summed E-state index contributed by atoms with van der Waals surface area (Å²) in [4.78, 5) is 25.1. The van der Waals surface area contributed by atoms with Crippen molar-refractivity contribution < 1.29 is 19.4 Å². The molecule has 1 heterocycles. The summed E-state index contributed by atoms with van der Waals surface area (Å²) in [6, 6.07) is 7.82. The van der Waals surface area contributed by atoms with Crippen molar-refractivity contribution in [2.24, 2.45) is 11.8 Å². The average Bonchev–Trinajstić information content (AvgIpc) is 3.14. The van der Waals surface area contributed by atoms with E-state index in [2.05, 4.69) is 0 Å². The number of methoxy groups -OCH3 is 1. The van der Waals surface area contributed by atoms with Gasteiger partial charge in [0.15, 0.2) is 0 Å². The number of benzene rings is 1. The fourth-order valence-corrected chi connectivity index (χ4v) is 3.10. The number of carboxylic acid groups (broad SMARTS) is 1. The third kappa shape index (κ3) is 2.73. The van der Waals surface area contributed by atoms with Crippen LogP contribution in [0.1, 0.15) is 24.3 Å². The summed E-state index contributed by atoms with van der Waals surface area (Å²) in [6.45, 7) is 0.923. The van der Waals surface area contributed by atoms with Gasteiger partial charge in [-0.15, -0.1) is 0 Å². The molecule has 0 aromatic heterocycles. The van der Waals surface area contributed by atoms with Crippen LogP contribution in [0, 0.1) is 11.8 Å². The minimum absolute atomic E-state index is 0.00431. The van der Waals surface area contributed by atoms with Crippen LogP contribution < -0.4 is 4.74 Å². The van der Waals surface area contributed by atoms with Crippen LogP contribution in [-0.2, 0) is 9.59 Å². The van der Waals surface area contributed by atoms with E-state index in [-0.39, 0.29) is 17.7 Å². The van der Waals surface area contributed by atoms with Gasteiger partial charge < -0.3 is 14.7 Å². The predicted octanol–water partition coefficient (Wildman–Crippen LogP) is 1.73. The fraction of sp³-hybridized carbons (Fsp3) is 0.500. The van der Waals surface area contributed by atoms with Gasteiger partial charge in [0.2, 0.25) is 5.91 Å². The lowest BCUT2D eigenvalue weighted by Gasteiger charge is -2.15. The van der Waals surface area contributed by atoms with Crippen LogP contribution in [-0.4, -0.2) is 42.1 Å². The molecule has 1 aromatic rings. The van der Waals surface area contributed by atoms with Crippen LogP contribution in [0.15, 0.2) is 24.3 Å². The zero-order valence-electron chi connectivity index (χ0n) is 12.0. The van der Waals surface area contributed by atoms with E-state index in [0.29, 0.717) is 19.5 Å². The van der Waals surface area contributed by atoms with Gasteiger partial charge in [-0.05, 0) is 36.5 Å². The van der Waals surface area contributed by atoms with Gasteiger partial charge in [-0.1, -0.05) is 12.1 Å². The minimum Gasteiger partial charge on any atom is -0.497 e. The summed E-state index contributed by atoms with van der Waals surface area (Å²) in [5.41, 5.74) is 1.13. The number of hydrogen-bond acceptors (Lipinski definition) is 3. The van der Waals surface area contributed by atoms with E-state index in [4.69, 9.17) is 9.84 Å². The predicted molar refractivity (Wildman–Crippen MR) is 76.2 cm³/mol. The van der Waals surface area contributed by atoms with E-state index < -0.39 is 11.9 Å². The molecule has 1 saturated carbocycles. The Balaban J connectivity index is 1.62. The van der Waals surface area contributed by atoms with E-state index in [1.807, 2.05) is 24.3 Å². The van der Waals surface area contributed by atoms with Crippen LogP contribution in [0.2, 0.25) is 0 Å². The number of carbonyl (C=O) groups excluding carboxylic acids is 1. The first kappa shape index (κ1) is 13.9. The highest BCUT2D eigenvalue weighted by atomic mass is 16.5. The maximum atomic E-state index is 12.4. The number of amides is 1. The van der Waals surface area contributed by atoms with Gasteiger partial charge in [0.25, 0.3) is 0 Å². The lowest BCUT2D eigenvalue weighted by molar-refractivity contribution is -0.141. The Kier molecular flexibility index (Phi) is 3.57. The van der Waals surface area contributed by atoms with Crippen LogP contribution in [0.5, 0.6) is 5.75 Å². The molecular weight excluding hydrogens is 270 g/mol. The number of rotatable bonds is 4. The Hall–Kier alpha value is -2.04. The largest absolute Gasteiger partial charge is 0.497 e. The second-order valence-electron chi connectivity index (χ2n) is 5.83. The summed E-state index contributed by atoms with van der Waals surface area (Å²) < 4.78 is 5.21. The van der Waals surface area contributed by atoms with Gasteiger partial charge in [-0.3, -0.25) is 9.59 Å². The number of likely N-dealkylation sites (tertiary alicyclic amines) is 1. The Labute approximate surface area is 123 Å². The Morgan fingerprint density at radius 1 is 1.38 bits per heavy atom. The Morgan fingerprint density at radius 2 is 2.19 bits per heavy atom.